The van der Waals surface area contributed by atoms with Crippen LogP contribution in [0.3, 0.4) is 0 Å². The molecule has 0 aromatic carbocycles. The van der Waals surface area contributed by atoms with Crippen LogP contribution in [0.1, 0.15) is 34.1 Å². The van der Waals surface area contributed by atoms with Crippen molar-refractivity contribution >= 4 is 18.0 Å². The highest BCUT2D eigenvalue weighted by Gasteiger charge is 2.26. The van der Waals surface area contributed by atoms with Gasteiger partial charge in [-0.2, -0.15) is 0 Å². The van der Waals surface area contributed by atoms with Crippen molar-refractivity contribution in [3.8, 4) is 0 Å². The molecule has 2 amide bonds. The van der Waals surface area contributed by atoms with Crippen LogP contribution in [0.2, 0.25) is 0 Å². The minimum Gasteiger partial charge on any atom is -0.480 e. The van der Waals surface area contributed by atoms with Crippen LogP contribution in [0.15, 0.2) is 0 Å². The Morgan fingerprint density at radius 3 is 1.90 bits per heavy atom. The van der Waals surface area contributed by atoms with Crippen molar-refractivity contribution in [3.05, 3.63) is 0 Å². The van der Waals surface area contributed by atoms with Crippen LogP contribution >= 0.6 is 0 Å². The van der Waals surface area contributed by atoms with Gasteiger partial charge in [-0.3, -0.25) is 4.79 Å². The number of esters is 1. The molecule has 0 saturated heterocycles. The Morgan fingerprint density at radius 2 is 1.57 bits per heavy atom. The van der Waals surface area contributed by atoms with Gasteiger partial charge in [0, 0.05) is 13.1 Å². The van der Waals surface area contributed by atoms with Crippen LogP contribution < -0.4 is 5.32 Å². The summed E-state index contributed by atoms with van der Waals surface area (Å²) in [5.74, 6) is -1.42. The Kier molecular flexibility index (Phi) is 8.42. The van der Waals surface area contributed by atoms with Crippen LogP contribution in [-0.2, 0) is 14.3 Å². The molecular weight excluding hydrogens is 276 g/mol. The van der Waals surface area contributed by atoms with Crippen molar-refractivity contribution in [1.29, 1.82) is 0 Å². The highest BCUT2D eigenvalue weighted by Crippen LogP contribution is 2.05. The van der Waals surface area contributed by atoms with Crippen molar-refractivity contribution in [1.82, 2.24) is 10.2 Å². The van der Waals surface area contributed by atoms with Gasteiger partial charge in [-0.05, 0) is 11.8 Å². The molecule has 2 N–H and O–H groups in total. The first kappa shape index (κ1) is 19.2. The lowest BCUT2D eigenvalue weighted by Crippen LogP contribution is -2.50. The summed E-state index contributed by atoms with van der Waals surface area (Å²) in [4.78, 5) is 36.1. The number of rotatable bonds is 8. The summed E-state index contributed by atoms with van der Waals surface area (Å²) < 4.78 is 4.43. The minimum atomic E-state index is -1.29. The van der Waals surface area contributed by atoms with Crippen LogP contribution in [-0.4, -0.2) is 54.2 Å². The molecule has 0 bridgehead atoms. The largest absolute Gasteiger partial charge is 0.480 e. The maximum absolute atomic E-state index is 12.2. The molecule has 7 nitrogen and oxygen atoms in total. The number of hydrogen-bond acceptors (Lipinski definition) is 4. The van der Waals surface area contributed by atoms with E-state index in [1.807, 2.05) is 27.7 Å². The Bertz CT molecular complexity index is 358. The molecule has 0 fully saturated rings. The molecule has 0 aromatic heterocycles. The van der Waals surface area contributed by atoms with E-state index >= 15 is 0 Å². The second-order valence-corrected chi connectivity index (χ2v) is 5.81. The molecule has 21 heavy (non-hydrogen) atoms. The number of carbonyl (C=O) groups is 3. The quantitative estimate of drug-likeness (QED) is 0.659. The average Bonchev–Trinajstić information content (AvgIpc) is 2.35. The predicted molar refractivity (Wildman–Crippen MR) is 77.8 cm³/mol. The van der Waals surface area contributed by atoms with Gasteiger partial charge in [-0.1, -0.05) is 27.7 Å². The fourth-order valence-corrected chi connectivity index (χ4v) is 1.81. The van der Waals surface area contributed by atoms with Gasteiger partial charge in [0.1, 0.15) is 6.04 Å². The Morgan fingerprint density at radius 1 is 1.10 bits per heavy atom. The molecule has 0 aliphatic rings. The van der Waals surface area contributed by atoms with Crippen LogP contribution in [0.5, 0.6) is 0 Å². The predicted octanol–water partition coefficient (Wildman–Crippen LogP) is 1.33. The maximum atomic E-state index is 12.2. The van der Waals surface area contributed by atoms with E-state index in [4.69, 9.17) is 5.11 Å². The summed E-state index contributed by atoms with van der Waals surface area (Å²) in [5, 5.41) is 11.5. The number of carboxylic acid groups (broad SMARTS) is 1. The van der Waals surface area contributed by atoms with Gasteiger partial charge in [-0.15, -0.1) is 0 Å². The summed E-state index contributed by atoms with van der Waals surface area (Å²) in [6, 6.07) is -1.76. The maximum Gasteiger partial charge on any atom is 0.326 e. The van der Waals surface area contributed by atoms with Crippen molar-refractivity contribution in [2.45, 2.75) is 40.2 Å². The molecule has 7 heteroatoms. The van der Waals surface area contributed by atoms with Gasteiger partial charge < -0.3 is 20.1 Å². The zero-order chi connectivity index (χ0) is 16.6. The molecule has 0 heterocycles. The zero-order valence-corrected chi connectivity index (χ0v) is 13.4. The standard InChI is InChI=1S/C14H26N2O5/c1-9(2)7-16(8-10(3)4)14(20)15-11(13(18)19)6-12(17)21-5/h9-11H,6-8H2,1-5H3,(H,15,20)(H,18,19)/t11-/m0/s1. The number of ether oxygens (including phenoxy) is 1. The third-order valence-corrected chi connectivity index (χ3v) is 2.65. The number of aliphatic carboxylic acids is 1. The summed E-state index contributed by atoms with van der Waals surface area (Å²) in [7, 11) is 1.17. The Balaban J connectivity index is 4.81. The molecule has 0 aliphatic heterocycles. The summed E-state index contributed by atoms with van der Waals surface area (Å²) in [6.07, 6.45) is -0.394. The van der Waals surface area contributed by atoms with E-state index in [-0.39, 0.29) is 11.8 Å². The fraction of sp³-hybridized carbons (Fsp3) is 0.786. The monoisotopic (exact) mass is 302 g/mol. The van der Waals surface area contributed by atoms with E-state index in [1.165, 1.54) is 7.11 Å². The molecule has 0 unspecified atom stereocenters. The first-order valence-electron chi connectivity index (χ1n) is 7.02. The smallest absolute Gasteiger partial charge is 0.326 e. The molecule has 0 saturated carbocycles. The summed E-state index contributed by atoms with van der Waals surface area (Å²) in [6.45, 7) is 8.95. The molecule has 0 rings (SSSR count). The first-order valence-corrected chi connectivity index (χ1v) is 7.02. The number of amides is 2. The Hall–Kier alpha value is -1.79. The Labute approximate surface area is 125 Å². The zero-order valence-electron chi connectivity index (χ0n) is 13.4. The van der Waals surface area contributed by atoms with Gasteiger partial charge >= 0.3 is 18.0 Å². The first-order chi connectivity index (χ1) is 9.67. The van der Waals surface area contributed by atoms with Crippen LogP contribution in [0.4, 0.5) is 4.79 Å². The molecule has 0 aliphatic carbocycles. The number of carboxylic acids is 1. The van der Waals surface area contributed by atoms with Crippen molar-refractivity contribution < 1.29 is 24.2 Å². The normalized spacial score (nSPS) is 12.1. The van der Waals surface area contributed by atoms with Gasteiger partial charge in [-0.25, -0.2) is 9.59 Å². The third-order valence-electron chi connectivity index (χ3n) is 2.65. The summed E-state index contributed by atoms with van der Waals surface area (Å²) >= 11 is 0. The highest BCUT2D eigenvalue weighted by molar-refractivity contribution is 5.86. The van der Waals surface area contributed by atoms with E-state index in [0.29, 0.717) is 13.1 Å². The van der Waals surface area contributed by atoms with Crippen LogP contribution in [0, 0.1) is 11.8 Å². The second-order valence-electron chi connectivity index (χ2n) is 5.81. The molecule has 0 aromatic rings. The molecule has 0 spiro atoms. The molecule has 1 atom stereocenters. The summed E-state index contributed by atoms with van der Waals surface area (Å²) in [5.41, 5.74) is 0. The topological polar surface area (TPSA) is 95.9 Å². The SMILES string of the molecule is COC(=O)C[C@H](NC(=O)N(CC(C)C)CC(C)C)C(=O)O. The van der Waals surface area contributed by atoms with Crippen molar-refractivity contribution in [3.63, 3.8) is 0 Å². The van der Waals surface area contributed by atoms with E-state index in [1.54, 1.807) is 4.90 Å². The van der Waals surface area contributed by atoms with E-state index in [2.05, 4.69) is 10.1 Å². The molecule has 122 valence electrons. The van der Waals surface area contributed by atoms with E-state index < -0.39 is 30.4 Å². The lowest BCUT2D eigenvalue weighted by Gasteiger charge is -2.28. The van der Waals surface area contributed by atoms with Crippen molar-refractivity contribution in [2.75, 3.05) is 20.2 Å². The van der Waals surface area contributed by atoms with E-state index in [9.17, 15) is 14.4 Å². The number of methoxy groups -OCH3 is 1. The van der Waals surface area contributed by atoms with Crippen LogP contribution in [0.25, 0.3) is 0 Å². The van der Waals surface area contributed by atoms with Gasteiger partial charge in [0.2, 0.25) is 0 Å². The number of hydrogen-bond donors (Lipinski definition) is 2. The van der Waals surface area contributed by atoms with Gasteiger partial charge in [0.15, 0.2) is 0 Å². The minimum absolute atomic E-state index is 0.262. The van der Waals surface area contributed by atoms with Gasteiger partial charge in [0.25, 0.3) is 0 Å². The lowest BCUT2D eigenvalue weighted by atomic mass is 10.1. The second kappa shape index (κ2) is 9.20. The number of carbonyl (C=O) groups excluding carboxylic acids is 2. The lowest BCUT2D eigenvalue weighted by molar-refractivity contribution is -0.147. The van der Waals surface area contributed by atoms with E-state index in [0.717, 1.165) is 0 Å². The third kappa shape index (κ3) is 8.16. The highest BCUT2D eigenvalue weighted by atomic mass is 16.5. The fourth-order valence-electron chi connectivity index (χ4n) is 1.81. The van der Waals surface area contributed by atoms with Gasteiger partial charge in [0.05, 0.1) is 13.5 Å². The van der Waals surface area contributed by atoms with Crippen molar-refractivity contribution in [2.24, 2.45) is 11.8 Å². The average molecular weight is 302 g/mol. The molecule has 0 radical (unpaired) electrons. The number of nitrogens with one attached hydrogen (secondary N) is 1. The number of urea groups is 1. The number of nitrogens with zero attached hydrogens (tertiary/aromatic N) is 1. The molecular formula is C14H26N2O5.